The fraction of sp³-hybridized carbons (Fsp3) is 0.556. The third kappa shape index (κ3) is 6.39. The van der Waals surface area contributed by atoms with Gasteiger partial charge in [-0.1, -0.05) is 50.1 Å². The first-order valence-electron chi connectivity index (χ1n) is 7.99. The summed E-state index contributed by atoms with van der Waals surface area (Å²) >= 11 is 0. The van der Waals surface area contributed by atoms with Gasteiger partial charge in [-0.2, -0.15) is 0 Å². The van der Waals surface area contributed by atoms with Crippen LogP contribution in [0.5, 0.6) is 0 Å². The smallest absolute Gasteiger partial charge is 0.342 e. The summed E-state index contributed by atoms with van der Waals surface area (Å²) in [7, 11) is 0. The topological polar surface area (TPSA) is 63.6 Å². The van der Waals surface area contributed by atoms with Crippen molar-refractivity contribution in [1.29, 1.82) is 0 Å². The van der Waals surface area contributed by atoms with Crippen molar-refractivity contribution in [2.24, 2.45) is 5.92 Å². The predicted molar refractivity (Wildman–Crippen MR) is 85.4 cm³/mol. The molecule has 2 atom stereocenters. The highest BCUT2D eigenvalue weighted by Crippen LogP contribution is 2.20. The van der Waals surface area contributed by atoms with Crippen molar-refractivity contribution in [1.82, 2.24) is 0 Å². The van der Waals surface area contributed by atoms with Crippen LogP contribution in [0.4, 0.5) is 0 Å². The first-order chi connectivity index (χ1) is 10.6. The van der Waals surface area contributed by atoms with Crippen molar-refractivity contribution < 1.29 is 19.4 Å². The SMILES string of the molecule is CCCC(CCc1ccccc1)CC(=O)C(O)C(=O)OCC. The molecule has 0 radical (unpaired) electrons. The first kappa shape index (κ1) is 18.4. The van der Waals surface area contributed by atoms with Gasteiger partial charge in [-0.25, -0.2) is 4.79 Å². The summed E-state index contributed by atoms with van der Waals surface area (Å²) in [6.45, 7) is 3.88. The average Bonchev–Trinajstić information content (AvgIpc) is 2.53. The van der Waals surface area contributed by atoms with Gasteiger partial charge in [0.1, 0.15) is 0 Å². The number of aliphatic hydroxyl groups excluding tert-OH is 1. The molecule has 22 heavy (non-hydrogen) atoms. The summed E-state index contributed by atoms with van der Waals surface area (Å²) in [4.78, 5) is 23.4. The van der Waals surface area contributed by atoms with Crippen molar-refractivity contribution in [3.63, 3.8) is 0 Å². The Hall–Kier alpha value is -1.68. The lowest BCUT2D eigenvalue weighted by atomic mass is 9.89. The summed E-state index contributed by atoms with van der Waals surface area (Å²) in [6, 6.07) is 10.1. The Kier molecular flexibility index (Phi) is 8.44. The van der Waals surface area contributed by atoms with Crippen LogP contribution in [0.25, 0.3) is 0 Å². The molecule has 1 aromatic carbocycles. The third-order valence-corrected chi connectivity index (χ3v) is 3.69. The minimum absolute atomic E-state index is 0.162. The summed E-state index contributed by atoms with van der Waals surface area (Å²) in [6.07, 6.45) is 2.24. The minimum atomic E-state index is -1.64. The van der Waals surface area contributed by atoms with Gasteiger partial charge in [0.25, 0.3) is 0 Å². The Morgan fingerprint density at radius 1 is 1.14 bits per heavy atom. The number of carbonyl (C=O) groups is 2. The second-order valence-corrected chi connectivity index (χ2v) is 5.50. The van der Waals surface area contributed by atoms with Crippen LogP contribution in [0, 0.1) is 5.92 Å². The van der Waals surface area contributed by atoms with Gasteiger partial charge in [-0.15, -0.1) is 0 Å². The van der Waals surface area contributed by atoms with E-state index in [2.05, 4.69) is 23.8 Å². The van der Waals surface area contributed by atoms with Gasteiger partial charge in [-0.05, 0) is 31.2 Å². The van der Waals surface area contributed by atoms with Gasteiger partial charge in [0.15, 0.2) is 5.78 Å². The number of carbonyl (C=O) groups excluding carboxylic acids is 2. The summed E-state index contributed by atoms with van der Waals surface area (Å²) in [5.41, 5.74) is 1.24. The molecule has 0 saturated heterocycles. The molecule has 1 rings (SSSR count). The number of Topliss-reactive ketones (excluding diaryl/α,β-unsaturated/α-hetero) is 1. The largest absolute Gasteiger partial charge is 0.464 e. The number of benzene rings is 1. The zero-order valence-corrected chi connectivity index (χ0v) is 13.5. The Morgan fingerprint density at radius 3 is 2.41 bits per heavy atom. The van der Waals surface area contributed by atoms with Gasteiger partial charge in [0.05, 0.1) is 6.61 Å². The zero-order chi connectivity index (χ0) is 16.4. The van der Waals surface area contributed by atoms with Gasteiger partial charge >= 0.3 is 5.97 Å². The van der Waals surface area contributed by atoms with E-state index in [1.54, 1.807) is 6.92 Å². The van der Waals surface area contributed by atoms with Gasteiger partial charge in [-0.3, -0.25) is 4.79 Å². The van der Waals surface area contributed by atoms with Crippen LogP contribution < -0.4 is 0 Å². The van der Waals surface area contributed by atoms with Crippen molar-refractivity contribution in [3.8, 4) is 0 Å². The number of ether oxygens (including phenoxy) is 1. The maximum Gasteiger partial charge on any atom is 0.342 e. The van der Waals surface area contributed by atoms with Crippen molar-refractivity contribution >= 4 is 11.8 Å². The Bertz CT molecular complexity index is 455. The number of ketones is 1. The second kappa shape index (κ2) is 10.1. The molecular formula is C18H26O4. The van der Waals surface area contributed by atoms with E-state index in [-0.39, 0.29) is 18.9 Å². The maximum absolute atomic E-state index is 12.0. The van der Waals surface area contributed by atoms with Gasteiger partial charge in [0.2, 0.25) is 6.10 Å². The Balaban J connectivity index is 2.52. The molecule has 0 aromatic heterocycles. The molecule has 0 aliphatic heterocycles. The molecule has 2 unspecified atom stereocenters. The number of hydrogen-bond donors (Lipinski definition) is 1. The fourth-order valence-corrected chi connectivity index (χ4v) is 2.52. The van der Waals surface area contributed by atoms with Crippen LogP contribution in [0.2, 0.25) is 0 Å². The number of aryl methyl sites for hydroxylation is 1. The van der Waals surface area contributed by atoms with Crippen LogP contribution in [0.3, 0.4) is 0 Å². The Morgan fingerprint density at radius 2 is 1.82 bits per heavy atom. The van der Waals surface area contributed by atoms with Crippen LogP contribution in [-0.2, 0) is 20.7 Å². The fourth-order valence-electron chi connectivity index (χ4n) is 2.52. The molecule has 0 spiro atoms. The molecule has 4 heteroatoms. The molecule has 0 aliphatic carbocycles. The molecule has 122 valence electrons. The molecule has 1 aromatic rings. The van der Waals surface area contributed by atoms with Gasteiger partial charge < -0.3 is 9.84 Å². The van der Waals surface area contributed by atoms with Crippen LogP contribution in [-0.4, -0.2) is 29.6 Å². The lowest BCUT2D eigenvalue weighted by Crippen LogP contribution is -2.33. The lowest BCUT2D eigenvalue weighted by Gasteiger charge is -2.17. The van der Waals surface area contributed by atoms with Crippen LogP contribution >= 0.6 is 0 Å². The highest BCUT2D eigenvalue weighted by atomic mass is 16.5. The first-order valence-corrected chi connectivity index (χ1v) is 7.99. The van der Waals surface area contributed by atoms with E-state index in [1.807, 2.05) is 18.2 Å². The van der Waals surface area contributed by atoms with Gasteiger partial charge in [0, 0.05) is 6.42 Å². The molecule has 1 N–H and O–H groups in total. The molecule has 0 bridgehead atoms. The van der Waals surface area contributed by atoms with E-state index in [4.69, 9.17) is 0 Å². The molecule has 0 saturated carbocycles. The van der Waals surface area contributed by atoms with E-state index in [0.29, 0.717) is 0 Å². The van der Waals surface area contributed by atoms with E-state index in [0.717, 1.165) is 25.7 Å². The number of rotatable bonds is 10. The summed E-state index contributed by atoms with van der Waals surface area (Å²) in [5.74, 6) is -1.10. The van der Waals surface area contributed by atoms with Crippen LogP contribution in [0.15, 0.2) is 30.3 Å². The Labute approximate surface area is 132 Å². The van der Waals surface area contributed by atoms with Crippen LogP contribution in [0.1, 0.15) is 45.1 Å². The summed E-state index contributed by atoms with van der Waals surface area (Å²) in [5, 5.41) is 9.70. The standard InChI is InChI=1S/C18H26O4/c1-3-8-15(12-11-14-9-6-5-7-10-14)13-16(19)17(20)18(21)22-4-2/h5-7,9-10,15,17,20H,3-4,8,11-13H2,1-2H3. The third-order valence-electron chi connectivity index (χ3n) is 3.69. The van der Waals surface area contributed by atoms with E-state index < -0.39 is 17.9 Å². The second-order valence-electron chi connectivity index (χ2n) is 5.50. The maximum atomic E-state index is 12.0. The average molecular weight is 306 g/mol. The van der Waals surface area contributed by atoms with Crippen molar-refractivity contribution in [2.45, 2.75) is 52.1 Å². The van der Waals surface area contributed by atoms with Crippen molar-refractivity contribution in [2.75, 3.05) is 6.61 Å². The zero-order valence-electron chi connectivity index (χ0n) is 13.5. The number of hydrogen-bond acceptors (Lipinski definition) is 4. The lowest BCUT2D eigenvalue weighted by molar-refractivity contribution is -0.157. The molecule has 4 nitrogen and oxygen atoms in total. The molecule has 0 fully saturated rings. The van der Waals surface area contributed by atoms with E-state index in [9.17, 15) is 14.7 Å². The van der Waals surface area contributed by atoms with E-state index >= 15 is 0 Å². The predicted octanol–water partition coefficient (Wildman–Crippen LogP) is 2.92. The highest BCUT2D eigenvalue weighted by molar-refractivity contribution is 6.01. The normalized spacial score (nSPS) is 13.4. The molecule has 0 aliphatic rings. The molecule has 0 amide bonds. The highest BCUT2D eigenvalue weighted by Gasteiger charge is 2.27. The monoisotopic (exact) mass is 306 g/mol. The summed E-state index contributed by atoms with van der Waals surface area (Å²) < 4.78 is 4.69. The quantitative estimate of drug-likeness (QED) is 0.533. The number of aliphatic hydroxyl groups is 1. The molecule has 0 heterocycles. The minimum Gasteiger partial charge on any atom is -0.464 e. The van der Waals surface area contributed by atoms with E-state index in [1.165, 1.54) is 5.56 Å². The number of esters is 1. The van der Waals surface area contributed by atoms with Crippen molar-refractivity contribution in [3.05, 3.63) is 35.9 Å². The molecular weight excluding hydrogens is 280 g/mol.